The number of nitrogens with two attached hydrogens (primary N) is 1. The molecule has 14 heavy (non-hydrogen) atoms. The summed E-state index contributed by atoms with van der Waals surface area (Å²) in [5, 5.41) is 10.4. The number of carbonyl (C=O) groups is 2. The highest BCUT2D eigenvalue weighted by Crippen LogP contribution is 2.15. The van der Waals surface area contributed by atoms with Gasteiger partial charge in [0.05, 0.1) is 6.04 Å². The van der Waals surface area contributed by atoms with Crippen molar-refractivity contribution in [3.05, 3.63) is 0 Å². The first-order valence-corrected chi connectivity index (χ1v) is 4.17. The number of hydrogen-bond donors (Lipinski definition) is 4. The first-order chi connectivity index (χ1) is 5.75. The van der Waals surface area contributed by atoms with E-state index in [1.165, 1.54) is 0 Å². The Morgan fingerprint density at radius 3 is 2.29 bits per heavy atom. The lowest BCUT2D eigenvalue weighted by Gasteiger charge is -2.24. The first-order valence-electron chi connectivity index (χ1n) is 3.72. The minimum Gasteiger partial charge on any atom is -0.480 e. The van der Waals surface area contributed by atoms with Crippen molar-refractivity contribution in [2.24, 2.45) is 5.73 Å². The van der Waals surface area contributed by atoms with Crippen LogP contribution < -0.4 is 11.1 Å². The van der Waals surface area contributed by atoms with Gasteiger partial charge in [-0.3, -0.25) is 9.59 Å². The van der Waals surface area contributed by atoms with Gasteiger partial charge in [-0.2, -0.15) is 12.6 Å². The average molecular weight is 243 g/mol. The van der Waals surface area contributed by atoms with Crippen LogP contribution >= 0.6 is 25.0 Å². The number of rotatable bonds is 4. The van der Waals surface area contributed by atoms with E-state index in [-0.39, 0.29) is 12.4 Å². The van der Waals surface area contributed by atoms with Crippen molar-refractivity contribution < 1.29 is 14.7 Å². The summed E-state index contributed by atoms with van der Waals surface area (Å²) >= 11 is 4.10. The van der Waals surface area contributed by atoms with E-state index in [9.17, 15) is 9.59 Å². The van der Waals surface area contributed by atoms with Gasteiger partial charge in [-0.25, -0.2) is 0 Å². The zero-order chi connectivity index (χ0) is 10.6. The maximum atomic E-state index is 11.1. The minimum atomic E-state index is -1.10. The van der Waals surface area contributed by atoms with Crippen molar-refractivity contribution in [2.45, 2.75) is 24.6 Å². The molecule has 5 nitrogen and oxygen atoms in total. The van der Waals surface area contributed by atoms with Crippen LogP contribution in [0, 0.1) is 0 Å². The van der Waals surface area contributed by atoms with Gasteiger partial charge in [0.15, 0.2) is 0 Å². The van der Waals surface area contributed by atoms with Crippen LogP contribution in [0.4, 0.5) is 0 Å². The van der Waals surface area contributed by atoms with Gasteiger partial charge in [-0.1, -0.05) is 0 Å². The van der Waals surface area contributed by atoms with Gasteiger partial charge in [-0.05, 0) is 13.8 Å². The first kappa shape index (κ1) is 16.0. The molecule has 0 aliphatic heterocycles. The summed E-state index contributed by atoms with van der Waals surface area (Å²) in [4.78, 5) is 21.2. The van der Waals surface area contributed by atoms with Gasteiger partial charge in [0.25, 0.3) is 0 Å². The molecule has 4 N–H and O–H groups in total. The SMILES string of the molecule is CC(C)(S)[C@H](N)C(=O)NCC(=O)O.Cl. The van der Waals surface area contributed by atoms with Gasteiger partial charge >= 0.3 is 5.97 Å². The molecule has 0 spiro atoms. The summed E-state index contributed by atoms with van der Waals surface area (Å²) in [5.74, 6) is -1.61. The number of amides is 1. The van der Waals surface area contributed by atoms with Gasteiger partial charge in [0.1, 0.15) is 6.54 Å². The van der Waals surface area contributed by atoms with Gasteiger partial charge in [-0.15, -0.1) is 12.4 Å². The Balaban J connectivity index is 0. The molecule has 0 bridgehead atoms. The Kier molecular flexibility index (Phi) is 6.97. The van der Waals surface area contributed by atoms with E-state index in [0.717, 1.165) is 0 Å². The van der Waals surface area contributed by atoms with E-state index < -0.39 is 29.2 Å². The molecule has 0 aliphatic carbocycles. The number of carboxylic acids is 1. The van der Waals surface area contributed by atoms with Crippen LogP contribution in [0.25, 0.3) is 0 Å². The highest BCUT2D eigenvalue weighted by Gasteiger charge is 2.28. The van der Waals surface area contributed by atoms with Gasteiger partial charge in [0.2, 0.25) is 5.91 Å². The highest BCUT2D eigenvalue weighted by molar-refractivity contribution is 7.81. The number of thiol groups is 1. The molecular formula is C7H15ClN2O3S. The molecule has 0 aromatic carbocycles. The van der Waals surface area contributed by atoms with E-state index in [2.05, 4.69) is 17.9 Å². The number of halogens is 1. The van der Waals surface area contributed by atoms with Gasteiger partial charge in [0, 0.05) is 4.75 Å². The Morgan fingerprint density at radius 2 is 2.00 bits per heavy atom. The Labute approximate surface area is 94.2 Å². The lowest BCUT2D eigenvalue weighted by atomic mass is 10.0. The number of hydrogen-bond acceptors (Lipinski definition) is 4. The fraction of sp³-hybridized carbons (Fsp3) is 0.714. The predicted octanol–water partition coefficient (Wildman–Crippen LogP) is -0.355. The van der Waals surface area contributed by atoms with Crippen molar-refractivity contribution in [3.63, 3.8) is 0 Å². The van der Waals surface area contributed by atoms with Crippen molar-refractivity contribution in [2.75, 3.05) is 6.54 Å². The molecular weight excluding hydrogens is 228 g/mol. The second-order valence-corrected chi connectivity index (χ2v) is 4.40. The fourth-order valence-electron chi connectivity index (χ4n) is 0.594. The molecule has 0 saturated carbocycles. The van der Waals surface area contributed by atoms with Gasteiger partial charge < -0.3 is 16.2 Å². The van der Waals surface area contributed by atoms with Crippen molar-refractivity contribution in [1.29, 1.82) is 0 Å². The third-order valence-electron chi connectivity index (χ3n) is 1.46. The largest absolute Gasteiger partial charge is 0.480 e. The van der Waals surface area contributed by atoms with E-state index >= 15 is 0 Å². The number of aliphatic carboxylic acids is 1. The second kappa shape index (κ2) is 6.10. The van der Waals surface area contributed by atoms with E-state index in [1.54, 1.807) is 13.8 Å². The predicted molar refractivity (Wildman–Crippen MR) is 58.9 cm³/mol. The van der Waals surface area contributed by atoms with Crippen LogP contribution in [-0.2, 0) is 9.59 Å². The van der Waals surface area contributed by atoms with Crippen molar-refractivity contribution >= 4 is 36.9 Å². The summed E-state index contributed by atoms with van der Waals surface area (Å²) in [6.45, 7) is 2.94. The van der Waals surface area contributed by atoms with E-state index in [0.29, 0.717) is 0 Å². The van der Waals surface area contributed by atoms with Crippen LogP contribution in [0.15, 0.2) is 0 Å². The molecule has 0 saturated heterocycles. The van der Waals surface area contributed by atoms with Crippen LogP contribution in [0.1, 0.15) is 13.8 Å². The maximum Gasteiger partial charge on any atom is 0.322 e. The quantitative estimate of drug-likeness (QED) is 0.507. The molecule has 1 atom stereocenters. The molecule has 0 fully saturated rings. The van der Waals surface area contributed by atoms with Crippen molar-refractivity contribution in [1.82, 2.24) is 5.32 Å². The topological polar surface area (TPSA) is 92.4 Å². The summed E-state index contributed by atoms with van der Waals surface area (Å²) in [6.07, 6.45) is 0. The standard InChI is InChI=1S/C7H14N2O3S.ClH/c1-7(2,13)5(8)6(12)9-3-4(10)11;/h5,13H,3,8H2,1-2H3,(H,9,12)(H,10,11);1H/t5-;/m1./s1. The average Bonchev–Trinajstić information content (AvgIpc) is 1.96. The number of carbonyl (C=O) groups excluding carboxylic acids is 1. The Bertz CT molecular complexity index is 217. The monoisotopic (exact) mass is 242 g/mol. The lowest BCUT2D eigenvalue weighted by molar-refractivity contribution is -0.138. The molecule has 0 radical (unpaired) electrons. The number of nitrogens with one attached hydrogen (secondary N) is 1. The molecule has 0 heterocycles. The summed E-state index contributed by atoms with van der Waals surface area (Å²) in [5.41, 5.74) is 5.50. The summed E-state index contributed by atoms with van der Waals surface area (Å²) in [6, 6.07) is -0.824. The summed E-state index contributed by atoms with van der Waals surface area (Å²) < 4.78 is -0.664. The van der Waals surface area contributed by atoms with Crippen LogP contribution in [0.2, 0.25) is 0 Å². The molecule has 7 heteroatoms. The molecule has 0 aliphatic rings. The molecule has 0 aromatic heterocycles. The van der Waals surface area contributed by atoms with Crippen LogP contribution in [0.5, 0.6) is 0 Å². The smallest absolute Gasteiger partial charge is 0.322 e. The van der Waals surface area contributed by atoms with Crippen LogP contribution in [-0.4, -0.2) is 34.3 Å². The zero-order valence-electron chi connectivity index (χ0n) is 7.98. The normalized spacial score (nSPS) is 12.6. The maximum absolute atomic E-state index is 11.1. The molecule has 84 valence electrons. The molecule has 0 aromatic rings. The number of carboxylic acid groups (broad SMARTS) is 1. The van der Waals surface area contributed by atoms with Crippen molar-refractivity contribution in [3.8, 4) is 0 Å². The molecule has 0 unspecified atom stereocenters. The molecule has 0 rings (SSSR count). The van der Waals surface area contributed by atoms with Crippen LogP contribution in [0.3, 0.4) is 0 Å². The van der Waals surface area contributed by atoms with E-state index in [4.69, 9.17) is 10.8 Å². The third-order valence-corrected chi connectivity index (χ3v) is 1.74. The Hall–Kier alpha value is -0.460. The fourth-order valence-corrected chi connectivity index (χ4v) is 0.711. The minimum absolute atomic E-state index is 0. The molecule has 1 amide bonds. The van der Waals surface area contributed by atoms with E-state index in [1.807, 2.05) is 0 Å². The third kappa shape index (κ3) is 6.06. The highest BCUT2D eigenvalue weighted by atomic mass is 35.5. The zero-order valence-corrected chi connectivity index (χ0v) is 9.69. The summed E-state index contributed by atoms with van der Waals surface area (Å²) in [7, 11) is 0. The lowest BCUT2D eigenvalue weighted by Crippen LogP contribution is -2.51. The second-order valence-electron chi connectivity index (χ2n) is 3.24. The Morgan fingerprint density at radius 1 is 1.57 bits per heavy atom.